The van der Waals surface area contributed by atoms with E-state index >= 15 is 0 Å². The van der Waals surface area contributed by atoms with Crippen LogP contribution in [0.5, 0.6) is 0 Å². The molecule has 0 fully saturated rings. The number of benzene rings is 1. The number of nitrogens with zero attached hydrogens (tertiary/aromatic N) is 1. The minimum atomic E-state index is -0.0963. The Balaban J connectivity index is 2.21. The molecule has 2 rings (SSSR count). The first-order valence-corrected chi connectivity index (χ1v) is 5.78. The van der Waals surface area contributed by atoms with Gasteiger partial charge in [-0.2, -0.15) is 0 Å². The van der Waals surface area contributed by atoms with E-state index in [4.69, 9.17) is 0 Å². The molecule has 4 heteroatoms. The average Bonchev–Trinajstić information content (AvgIpc) is 2.64. The van der Waals surface area contributed by atoms with Crippen molar-refractivity contribution in [1.29, 1.82) is 0 Å². The molecule has 0 saturated carbocycles. The lowest BCUT2D eigenvalue weighted by Gasteiger charge is -2.02. The summed E-state index contributed by atoms with van der Waals surface area (Å²) in [5.41, 5.74) is 1.70. The second-order valence-corrected chi connectivity index (χ2v) is 4.45. The number of aryl methyl sites for hydroxylation is 1. The first-order chi connectivity index (χ1) is 7.66. The molecule has 0 aliphatic heterocycles. The summed E-state index contributed by atoms with van der Waals surface area (Å²) in [6, 6.07) is 7.39. The number of aromatic nitrogens is 1. The van der Waals surface area contributed by atoms with Crippen LogP contribution in [0, 0.1) is 6.92 Å². The molecule has 0 bridgehead atoms. The van der Waals surface area contributed by atoms with Crippen LogP contribution in [-0.4, -0.2) is 10.4 Å². The molecule has 1 aromatic heterocycles. The van der Waals surface area contributed by atoms with E-state index in [0.717, 1.165) is 16.9 Å². The van der Waals surface area contributed by atoms with Crippen molar-refractivity contribution in [2.75, 3.05) is 0 Å². The van der Waals surface area contributed by atoms with Gasteiger partial charge in [0, 0.05) is 17.1 Å². The number of hydrogen-bond donors (Lipinski definition) is 0. The van der Waals surface area contributed by atoms with Gasteiger partial charge < -0.3 is 0 Å². The Hall–Kier alpha value is -1.68. The van der Waals surface area contributed by atoms with Crippen molar-refractivity contribution in [1.82, 2.24) is 4.57 Å². The molecule has 0 amide bonds. The van der Waals surface area contributed by atoms with Crippen molar-refractivity contribution in [3.8, 4) is 0 Å². The topological polar surface area (TPSA) is 39.1 Å². The van der Waals surface area contributed by atoms with Gasteiger partial charge >= 0.3 is 4.87 Å². The molecule has 0 aliphatic rings. The van der Waals surface area contributed by atoms with E-state index in [1.807, 2.05) is 25.1 Å². The molecular weight excluding hydrogens is 222 g/mol. The van der Waals surface area contributed by atoms with E-state index in [9.17, 15) is 9.59 Å². The molecule has 3 nitrogen and oxygen atoms in total. The van der Waals surface area contributed by atoms with Crippen LogP contribution in [-0.2, 0) is 6.54 Å². The van der Waals surface area contributed by atoms with E-state index < -0.39 is 0 Å². The summed E-state index contributed by atoms with van der Waals surface area (Å²) >= 11 is 1.10. The zero-order valence-electron chi connectivity index (χ0n) is 8.84. The van der Waals surface area contributed by atoms with E-state index in [1.165, 1.54) is 4.57 Å². The maximum Gasteiger partial charge on any atom is 0.307 e. The minimum absolute atomic E-state index is 0.0378. The third-order valence-electron chi connectivity index (χ3n) is 2.30. The second-order valence-electron chi connectivity index (χ2n) is 3.59. The van der Waals surface area contributed by atoms with Crippen LogP contribution in [0.4, 0.5) is 0 Å². The summed E-state index contributed by atoms with van der Waals surface area (Å²) in [7, 11) is 0. The fourth-order valence-electron chi connectivity index (χ4n) is 1.47. The summed E-state index contributed by atoms with van der Waals surface area (Å²) in [6.45, 7) is 2.05. The second kappa shape index (κ2) is 4.45. The lowest BCUT2D eigenvalue weighted by molar-refractivity contribution is 0.0971. The monoisotopic (exact) mass is 233 g/mol. The molecule has 82 valence electrons. The van der Waals surface area contributed by atoms with E-state index in [-0.39, 0.29) is 17.2 Å². The average molecular weight is 233 g/mol. The lowest BCUT2D eigenvalue weighted by atomic mass is 10.1. The highest BCUT2D eigenvalue weighted by Crippen LogP contribution is 2.06. The van der Waals surface area contributed by atoms with Crippen LogP contribution in [0.25, 0.3) is 0 Å². The molecule has 2 aromatic rings. The largest absolute Gasteiger partial charge is 0.307 e. The quantitative estimate of drug-likeness (QED) is 0.761. The van der Waals surface area contributed by atoms with Gasteiger partial charge in [0.2, 0.25) is 0 Å². The van der Waals surface area contributed by atoms with Crippen molar-refractivity contribution >= 4 is 17.1 Å². The smallest absolute Gasteiger partial charge is 0.298 e. The fraction of sp³-hybridized carbons (Fsp3) is 0.167. The maximum atomic E-state index is 11.9. The van der Waals surface area contributed by atoms with E-state index in [0.29, 0.717) is 5.56 Å². The Morgan fingerprint density at radius 2 is 2.25 bits per heavy atom. The predicted octanol–water partition coefficient (Wildman–Crippen LogP) is 2.10. The van der Waals surface area contributed by atoms with Crippen LogP contribution in [0.3, 0.4) is 0 Å². The molecule has 0 saturated heterocycles. The van der Waals surface area contributed by atoms with Crippen LogP contribution >= 0.6 is 11.3 Å². The number of Topliss-reactive ketones (excluding diaryl/α,β-unsaturated/α-hetero) is 1. The van der Waals surface area contributed by atoms with E-state index in [2.05, 4.69) is 0 Å². The highest BCUT2D eigenvalue weighted by atomic mass is 32.1. The summed E-state index contributed by atoms with van der Waals surface area (Å²) in [5.74, 6) is -0.0378. The first kappa shape index (κ1) is 10.8. The molecular formula is C12H11NO2S. The van der Waals surface area contributed by atoms with Gasteiger partial charge in [-0.1, -0.05) is 35.1 Å². The van der Waals surface area contributed by atoms with Gasteiger partial charge in [-0.25, -0.2) is 0 Å². The van der Waals surface area contributed by atoms with Crippen LogP contribution in [0.15, 0.2) is 40.6 Å². The van der Waals surface area contributed by atoms with Gasteiger partial charge in [0.15, 0.2) is 5.78 Å². The fourth-order valence-corrected chi connectivity index (χ4v) is 2.06. The predicted molar refractivity (Wildman–Crippen MR) is 64.1 cm³/mol. The van der Waals surface area contributed by atoms with Crippen LogP contribution in [0.2, 0.25) is 0 Å². The number of thiazole rings is 1. The van der Waals surface area contributed by atoms with Gasteiger partial charge in [-0.15, -0.1) is 0 Å². The van der Waals surface area contributed by atoms with Crippen molar-refractivity contribution < 1.29 is 4.79 Å². The molecule has 0 radical (unpaired) electrons. The van der Waals surface area contributed by atoms with Crippen molar-refractivity contribution in [3.63, 3.8) is 0 Å². The Bertz CT molecular complexity index is 568. The zero-order valence-corrected chi connectivity index (χ0v) is 9.66. The molecule has 0 atom stereocenters. The molecule has 0 unspecified atom stereocenters. The number of rotatable bonds is 3. The van der Waals surface area contributed by atoms with Crippen molar-refractivity contribution in [2.45, 2.75) is 13.5 Å². The van der Waals surface area contributed by atoms with Gasteiger partial charge in [0.05, 0.1) is 6.54 Å². The molecule has 0 spiro atoms. The molecule has 0 N–H and O–H groups in total. The Morgan fingerprint density at radius 3 is 2.88 bits per heavy atom. The summed E-state index contributed by atoms with van der Waals surface area (Å²) in [5, 5.41) is 1.69. The molecule has 16 heavy (non-hydrogen) atoms. The van der Waals surface area contributed by atoms with Gasteiger partial charge in [0.1, 0.15) is 0 Å². The summed E-state index contributed by atoms with van der Waals surface area (Å²) < 4.78 is 1.43. The standard InChI is InChI=1S/C12H11NO2S/c1-9-3-2-4-10(7-9)11(14)8-13-5-6-16-12(13)15/h2-7H,8H2,1H3. The van der Waals surface area contributed by atoms with Crippen LogP contribution in [0.1, 0.15) is 15.9 Å². The minimum Gasteiger partial charge on any atom is -0.298 e. The SMILES string of the molecule is Cc1cccc(C(=O)Cn2ccsc2=O)c1. The van der Waals surface area contributed by atoms with Crippen molar-refractivity contribution in [2.24, 2.45) is 0 Å². The van der Waals surface area contributed by atoms with Gasteiger partial charge in [-0.3, -0.25) is 14.2 Å². The first-order valence-electron chi connectivity index (χ1n) is 4.90. The number of carbonyl (C=O) groups is 1. The van der Waals surface area contributed by atoms with E-state index in [1.54, 1.807) is 17.6 Å². The molecule has 1 aromatic carbocycles. The molecule has 1 heterocycles. The van der Waals surface area contributed by atoms with Crippen molar-refractivity contribution in [3.05, 3.63) is 56.6 Å². The molecule has 0 aliphatic carbocycles. The third-order valence-corrected chi connectivity index (χ3v) is 2.99. The van der Waals surface area contributed by atoms with Gasteiger partial charge in [0.25, 0.3) is 0 Å². The Kier molecular flexibility index (Phi) is 3.01. The zero-order chi connectivity index (χ0) is 11.5. The van der Waals surface area contributed by atoms with Gasteiger partial charge in [-0.05, 0) is 13.0 Å². The van der Waals surface area contributed by atoms with Crippen LogP contribution < -0.4 is 4.87 Å². The number of ketones is 1. The lowest BCUT2D eigenvalue weighted by Crippen LogP contribution is -2.18. The highest BCUT2D eigenvalue weighted by molar-refractivity contribution is 7.07. The normalized spacial score (nSPS) is 10.3. The summed E-state index contributed by atoms with van der Waals surface area (Å²) in [6.07, 6.45) is 1.64. The maximum absolute atomic E-state index is 11.9. The Labute approximate surface area is 97.0 Å². The highest BCUT2D eigenvalue weighted by Gasteiger charge is 2.07. The summed E-state index contributed by atoms with van der Waals surface area (Å²) in [4.78, 5) is 23.0. The third kappa shape index (κ3) is 2.28. The number of hydrogen-bond acceptors (Lipinski definition) is 3. The Morgan fingerprint density at radius 1 is 1.44 bits per heavy atom. The number of carbonyl (C=O) groups excluding carboxylic acids is 1.